The number of pyridine rings is 1. The lowest BCUT2D eigenvalue weighted by Crippen LogP contribution is -2.18. The Morgan fingerprint density at radius 1 is 0.909 bits per heavy atom. The van der Waals surface area contributed by atoms with E-state index in [1.54, 1.807) is 13.8 Å². The van der Waals surface area contributed by atoms with E-state index in [4.69, 9.17) is 4.98 Å². The summed E-state index contributed by atoms with van der Waals surface area (Å²) < 4.78 is 0. The van der Waals surface area contributed by atoms with Gasteiger partial charge in [-0.05, 0) is 85.7 Å². The van der Waals surface area contributed by atoms with Gasteiger partial charge < -0.3 is 10.2 Å². The summed E-state index contributed by atoms with van der Waals surface area (Å²) in [5.41, 5.74) is 6.08. The van der Waals surface area contributed by atoms with Crippen molar-refractivity contribution >= 4 is 23.1 Å². The molecule has 0 aliphatic rings. The summed E-state index contributed by atoms with van der Waals surface area (Å²) in [6.07, 6.45) is 4.75. The molecule has 0 fully saturated rings. The van der Waals surface area contributed by atoms with Gasteiger partial charge >= 0.3 is 0 Å². The summed E-state index contributed by atoms with van der Waals surface area (Å²) >= 11 is 0. The van der Waals surface area contributed by atoms with Crippen molar-refractivity contribution in [3.63, 3.8) is 0 Å². The van der Waals surface area contributed by atoms with Gasteiger partial charge in [0, 0.05) is 5.39 Å². The molecule has 33 heavy (non-hydrogen) atoms. The third-order valence-electron chi connectivity index (χ3n) is 5.97. The smallest absolute Gasteiger partial charge is 0.0843 e. The Bertz CT molecular complexity index is 1280. The van der Waals surface area contributed by atoms with Crippen LogP contribution in [0.4, 0.5) is 0 Å². The van der Waals surface area contributed by atoms with Gasteiger partial charge in [-0.25, -0.2) is 4.98 Å². The highest BCUT2D eigenvalue weighted by atomic mass is 16.3. The molecule has 0 spiro atoms. The van der Waals surface area contributed by atoms with Gasteiger partial charge in [-0.1, -0.05) is 66.7 Å². The van der Waals surface area contributed by atoms with Crippen molar-refractivity contribution in [2.24, 2.45) is 0 Å². The van der Waals surface area contributed by atoms with Crippen LogP contribution >= 0.6 is 0 Å². The lowest BCUT2D eigenvalue weighted by molar-refractivity contribution is 0.0772. The Morgan fingerprint density at radius 3 is 2.52 bits per heavy atom. The van der Waals surface area contributed by atoms with Gasteiger partial charge in [0.2, 0.25) is 0 Å². The Hall–Kier alpha value is -3.27. The molecule has 0 aliphatic carbocycles. The second-order valence-electron chi connectivity index (χ2n) is 9.21. The van der Waals surface area contributed by atoms with E-state index in [9.17, 15) is 10.2 Å². The van der Waals surface area contributed by atoms with Crippen LogP contribution < -0.4 is 0 Å². The molecular formula is C30H31NO2. The number of fused-ring (bicyclic) bond motifs is 1. The Labute approximate surface area is 196 Å². The van der Waals surface area contributed by atoms with E-state index in [1.807, 2.05) is 66.7 Å². The highest BCUT2D eigenvalue weighted by Crippen LogP contribution is 2.27. The van der Waals surface area contributed by atoms with Crippen molar-refractivity contribution in [1.29, 1.82) is 0 Å². The van der Waals surface area contributed by atoms with Gasteiger partial charge in [0.25, 0.3) is 0 Å². The van der Waals surface area contributed by atoms with Gasteiger partial charge in [0.15, 0.2) is 0 Å². The zero-order valence-corrected chi connectivity index (χ0v) is 19.5. The summed E-state index contributed by atoms with van der Waals surface area (Å²) in [6.45, 7) is 5.66. The maximum atomic E-state index is 10.8. The minimum atomic E-state index is -0.901. The number of benzene rings is 3. The lowest BCUT2D eigenvalue weighted by Gasteiger charge is -2.22. The fraction of sp³-hybridized carbons (Fsp3) is 0.233. The molecule has 3 nitrogen and oxygen atoms in total. The summed E-state index contributed by atoms with van der Waals surface area (Å²) in [5.74, 6) is 0. The molecule has 0 bridgehead atoms. The number of nitrogens with zero attached hydrogens (tertiary/aromatic N) is 1. The normalized spacial score (nSPS) is 13.0. The first-order valence-electron chi connectivity index (χ1n) is 11.4. The van der Waals surface area contributed by atoms with Crippen molar-refractivity contribution in [3.8, 4) is 0 Å². The fourth-order valence-corrected chi connectivity index (χ4v) is 4.18. The predicted molar refractivity (Wildman–Crippen MR) is 137 cm³/mol. The highest BCUT2D eigenvalue weighted by Gasteiger charge is 2.20. The Kier molecular flexibility index (Phi) is 6.73. The van der Waals surface area contributed by atoms with Gasteiger partial charge in [-0.15, -0.1) is 0 Å². The average Bonchev–Trinajstić information content (AvgIpc) is 2.80. The molecule has 168 valence electrons. The first-order chi connectivity index (χ1) is 15.8. The molecule has 1 heterocycles. The second kappa shape index (κ2) is 9.70. The van der Waals surface area contributed by atoms with Crippen LogP contribution in [0.25, 0.3) is 23.1 Å². The first kappa shape index (κ1) is 22.9. The molecule has 0 aliphatic heterocycles. The minimum Gasteiger partial charge on any atom is -0.388 e. The standard InChI is InChI=1S/C30H31NO2/c1-21-11-13-24-14-17-26(31-28(24)19-21)16-12-22-7-6-9-25(20-22)29(32)18-15-23-8-4-5-10-27(23)30(2,3)33/h4-14,16-17,19-20,29,32-33H,15,18H2,1-3H3/b16-12+/t29-/m1/s1. The zero-order valence-electron chi connectivity index (χ0n) is 19.5. The maximum absolute atomic E-state index is 10.8. The number of aromatic nitrogens is 1. The SMILES string of the molecule is Cc1ccc2ccc(/C=C/c3cccc([C@H](O)CCc4ccccc4C(C)(C)O)c3)nc2c1. The van der Waals surface area contributed by atoms with Gasteiger partial charge in [-0.2, -0.15) is 0 Å². The van der Waals surface area contributed by atoms with Crippen molar-refractivity contribution in [1.82, 2.24) is 4.98 Å². The monoisotopic (exact) mass is 437 g/mol. The van der Waals surface area contributed by atoms with Crippen LogP contribution in [0.3, 0.4) is 0 Å². The number of aryl methyl sites for hydroxylation is 2. The Balaban J connectivity index is 1.47. The highest BCUT2D eigenvalue weighted by molar-refractivity contribution is 5.81. The van der Waals surface area contributed by atoms with Crippen LogP contribution in [0.2, 0.25) is 0 Å². The molecule has 0 saturated carbocycles. The van der Waals surface area contributed by atoms with E-state index in [0.29, 0.717) is 12.8 Å². The molecule has 4 aromatic rings. The van der Waals surface area contributed by atoms with Crippen LogP contribution in [0, 0.1) is 6.92 Å². The topological polar surface area (TPSA) is 53.4 Å². The van der Waals surface area contributed by atoms with Crippen LogP contribution in [-0.4, -0.2) is 15.2 Å². The molecule has 0 radical (unpaired) electrons. The van der Waals surface area contributed by atoms with E-state index in [-0.39, 0.29) is 0 Å². The van der Waals surface area contributed by atoms with Gasteiger partial charge in [0.1, 0.15) is 0 Å². The van der Waals surface area contributed by atoms with Gasteiger partial charge in [0.05, 0.1) is 22.9 Å². The number of hydrogen-bond donors (Lipinski definition) is 2. The summed E-state index contributed by atoms with van der Waals surface area (Å²) in [6, 6.07) is 26.3. The largest absolute Gasteiger partial charge is 0.388 e. The van der Waals surface area contributed by atoms with E-state index >= 15 is 0 Å². The molecule has 3 aromatic carbocycles. The number of aliphatic hydroxyl groups excluding tert-OH is 1. The van der Waals surface area contributed by atoms with Crippen LogP contribution in [0.1, 0.15) is 59.9 Å². The van der Waals surface area contributed by atoms with E-state index in [2.05, 4.69) is 31.2 Å². The number of rotatable bonds is 7. The van der Waals surface area contributed by atoms with Gasteiger partial charge in [-0.3, -0.25) is 0 Å². The van der Waals surface area contributed by atoms with Crippen molar-refractivity contribution in [2.45, 2.75) is 45.3 Å². The van der Waals surface area contributed by atoms with E-state index in [0.717, 1.165) is 38.9 Å². The molecule has 2 N–H and O–H groups in total. The molecular weight excluding hydrogens is 406 g/mol. The first-order valence-corrected chi connectivity index (χ1v) is 11.4. The molecule has 4 rings (SSSR count). The molecule has 1 atom stereocenters. The maximum Gasteiger partial charge on any atom is 0.0843 e. The summed E-state index contributed by atoms with van der Waals surface area (Å²) in [7, 11) is 0. The lowest BCUT2D eigenvalue weighted by atomic mass is 9.90. The second-order valence-corrected chi connectivity index (χ2v) is 9.21. The number of aliphatic hydroxyl groups is 2. The predicted octanol–water partition coefficient (Wildman–Crippen LogP) is 6.61. The molecule has 0 saturated heterocycles. The van der Waals surface area contributed by atoms with Crippen molar-refractivity contribution < 1.29 is 10.2 Å². The van der Waals surface area contributed by atoms with Crippen LogP contribution in [0.15, 0.2) is 78.9 Å². The number of hydrogen-bond acceptors (Lipinski definition) is 3. The van der Waals surface area contributed by atoms with Crippen LogP contribution in [0.5, 0.6) is 0 Å². The third-order valence-corrected chi connectivity index (χ3v) is 5.97. The Morgan fingerprint density at radius 2 is 1.70 bits per heavy atom. The molecule has 0 amide bonds. The summed E-state index contributed by atoms with van der Waals surface area (Å²) in [4.78, 5) is 4.74. The molecule has 0 unspecified atom stereocenters. The molecule has 1 aromatic heterocycles. The fourth-order valence-electron chi connectivity index (χ4n) is 4.18. The van der Waals surface area contributed by atoms with Crippen molar-refractivity contribution in [2.75, 3.05) is 0 Å². The van der Waals surface area contributed by atoms with Crippen LogP contribution in [-0.2, 0) is 12.0 Å². The third kappa shape index (κ3) is 5.75. The minimum absolute atomic E-state index is 0.574. The zero-order chi connectivity index (χ0) is 23.4. The van der Waals surface area contributed by atoms with Crippen molar-refractivity contribution in [3.05, 3.63) is 112 Å². The van der Waals surface area contributed by atoms with E-state index < -0.39 is 11.7 Å². The summed E-state index contributed by atoms with van der Waals surface area (Å²) in [5, 5.41) is 22.4. The quantitative estimate of drug-likeness (QED) is 0.342. The molecule has 3 heteroatoms. The average molecular weight is 438 g/mol. The van der Waals surface area contributed by atoms with E-state index in [1.165, 1.54) is 5.56 Å².